The number of aromatic carboxylic acids is 1. The number of hydrogen-bond acceptors (Lipinski definition) is 4. The van der Waals surface area contributed by atoms with Gasteiger partial charge < -0.3 is 15.3 Å². The fraction of sp³-hybridized carbons (Fsp3) is 0.278. The van der Waals surface area contributed by atoms with E-state index in [0.717, 1.165) is 6.42 Å². The molecule has 3 rings (SSSR count). The minimum Gasteiger partial charge on any atom is -0.478 e. The molecule has 1 aromatic carbocycles. The number of carbonyl (C=O) groups is 3. The highest BCUT2D eigenvalue weighted by Gasteiger charge is 2.21. The van der Waals surface area contributed by atoms with Crippen molar-refractivity contribution < 1.29 is 19.5 Å². The standard InChI is InChI=1S/C18H17ClN2O4S/c19-14-9-12(1-2-13(14)18(24)25)20-16(22)3-4-17(23)21-7-5-15-11(10-21)6-8-26-15/h1-2,6,8-9H,3-5,7,10H2,(H,20,22)(H,24,25). The topological polar surface area (TPSA) is 86.7 Å². The van der Waals surface area contributed by atoms with Gasteiger partial charge in [0, 0.05) is 36.5 Å². The van der Waals surface area contributed by atoms with Gasteiger partial charge in [-0.05, 0) is 41.6 Å². The Kier molecular flexibility index (Phi) is 5.58. The van der Waals surface area contributed by atoms with Crippen LogP contribution in [-0.2, 0) is 22.6 Å². The maximum Gasteiger partial charge on any atom is 0.337 e. The van der Waals surface area contributed by atoms with E-state index in [1.807, 2.05) is 11.4 Å². The highest BCUT2D eigenvalue weighted by atomic mass is 35.5. The zero-order chi connectivity index (χ0) is 18.7. The third-order valence-electron chi connectivity index (χ3n) is 4.21. The number of anilines is 1. The number of thiophene rings is 1. The van der Waals surface area contributed by atoms with Crippen LogP contribution < -0.4 is 5.32 Å². The highest BCUT2D eigenvalue weighted by molar-refractivity contribution is 7.10. The normalized spacial score (nSPS) is 13.2. The average Bonchev–Trinajstić information content (AvgIpc) is 3.07. The number of amides is 2. The quantitative estimate of drug-likeness (QED) is 0.816. The molecule has 1 aromatic heterocycles. The molecule has 2 amide bonds. The molecule has 1 aliphatic rings. The van der Waals surface area contributed by atoms with Crippen LogP contribution >= 0.6 is 22.9 Å². The van der Waals surface area contributed by atoms with Crippen LogP contribution in [0.2, 0.25) is 5.02 Å². The van der Waals surface area contributed by atoms with Crippen molar-refractivity contribution in [2.24, 2.45) is 0 Å². The van der Waals surface area contributed by atoms with E-state index >= 15 is 0 Å². The summed E-state index contributed by atoms with van der Waals surface area (Å²) in [5, 5.41) is 13.7. The van der Waals surface area contributed by atoms with E-state index in [1.165, 1.54) is 28.6 Å². The average molecular weight is 393 g/mol. The van der Waals surface area contributed by atoms with Crippen molar-refractivity contribution in [1.29, 1.82) is 0 Å². The van der Waals surface area contributed by atoms with Gasteiger partial charge in [0.2, 0.25) is 11.8 Å². The third kappa shape index (κ3) is 4.23. The molecule has 0 bridgehead atoms. The summed E-state index contributed by atoms with van der Waals surface area (Å²) in [5.74, 6) is -1.49. The number of rotatable bonds is 5. The van der Waals surface area contributed by atoms with Crippen LogP contribution in [0.1, 0.15) is 33.6 Å². The SMILES string of the molecule is O=C(CCC(=O)N1CCc2sccc2C1)Nc1ccc(C(=O)O)c(Cl)c1. The molecule has 0 spiro atoms. The van der Waals surface area contributed by atoms with Crippen LogP contribution in [0, 0.1) is 0 Å². The molecule has 0 unspecified atom stereocenters. The van der Waals surface area contributed by atoms with Crippen molar-refractivity contribution in [3.63, 3.8) is 0 Å². The molecular formula is C18H17ClN2O4S. The Morgan fingerprint density at radius 1 is 1.23 bits per heavy atom. The number of fused-ring (bicyclic) bond motifs is 1. The molecule has 2 heterocycles. The lowest BCUT2D eigenvalue weighted by Gasteiger charge is -2.27. The number of nitrogens with zero attached hydrogens (tertiary/aromatic N) is 1. The lowest BCUT2D eigenvalue weighted by atomic mass is 10.1. The van der Waals surface area contributed by atoms with Crippen molar-refractivity contribution in [1.82, 2.24) is 4.90 Å². The molecule has 2 N–H and O–H groups in total. The minimum atomic E-state index is -1.13. The van der Waals surface area contributed by atoms with Gasteiger partial charge in [0.15, 0.2) is 0 Å². The van der Waals surface area contributed by atoms with Gasteiger partial charge in [0.1, 0.15) is 0 Å². The monoisotopic (exact) mass is 392 g/mol. The Bertz CT molecular complexity index is 865. The van der Waals surface area contributed by atoms with Crippen molar-refractivity contribution in [3.8, 4) is 0 Å². The van der Waals surface area contributed by atoms with Gasteiger partial charge in [-0.2, -0.15) is 0 Å². The number of carboxylic acid groups (broad SMARTS) is 1. The Morgan fingerprint density at radius 2 is 2.04 bits per heavy atom. The summed E-state index contributed by atoms with van der Waals surface area (Å²) in [6.45, 7) is 1.28. The van der Waals surface area contributed by atoms with Crippen LogP contribution in [0.4, 0.5) is 5.69 Å². The molecule has 1 aliphatic heterocycles. The molecule has 6 nitrogen and oxygen atoms in total. The third-order valence-corrected chi connectivity index (χ3v) is 5.55. The van der Waals surface area contributed by atoms with E-state index in [9.17, 15) is 14.4 Å². The molecule has 0 atom stereocenters. The predicted octanol–water partition coefficient (Wildman–Crippen LogP) is 3.40. The smallest absolute Gasteiger partial charge is 0.337 e. The van der Waals surface area contributed by atoms with Crippen molar-refractivity contribution in [3.05, 3.63) is 50.7 Å². The van der Waals surface area contributed by atoms with E-state index in [1.54, 1.807) is 16.2 Å². The molecule has 26 heavy (non-hydrogen) atoms. The summed E-state index contributed by atoms with van der Waals surface area (Å²) in [5.41, 5.74) is 1.56. The number of halogens is 1. The first kappa shape index (κ1) is 18.4. The Hall–Kier alpha value is -2.38. The summed E-state index contributed by atoms with van der Waals surface area (Å²) in [6, 6.07) is 6.22. The van der Waals surface area contributed by atoms with Crippen LogP contribution in [0.15, 0.2) is 29.6 Å². The lowest BCUT2D eigenvalue weighted by molar-refractivity contribution is -0.133. The van der Waals surface area contributed by atoms with E-state index < -0.39 is 5.97 Å². The Balaban J connectivity index is 1.50. The molecule has 0 radical (unpaired) electrons. The Labute approximate surface area is 159 Å². The lowest BCUT2D eigenvalue weighted by Crippen LogP contribution is -2.35. The summed E-state index contributed by atoms with van der Waals surface area (Å²) in [7, 11) is 0. The zero-order valence-corrected chi connectivity index (χ0v) is 15.4. The first-order chi connectivity index (χ1) is 12.4. The van der Waals surface area contributed by atoms with Gasteiger partial charge in [0.25, 0.3) is 0 Å². The van der Waals surface area contributed by atoms with Gasteiger partial charge >= 0.3 is 5.97 Å². The minimum absolute atomic E-state index is 0.0299. The van der Waals surface area contributed by atoms with Gasteiger partial charge in [-0.1, -0.05) is 11.6 Å². The van der Waals surface area contributed by atoms with Gasteiger partial charge in [0.05, 0.1) is 10.6 Å². The van der Waals surface area contributed by atoms with E-state index in [2.05, 4.69) is 5.32 Å². The fourth-order valence-corrected chi connectivity index (χ4v) is 3.98. The summed E-state index contributed by atoms with van der Waals surface area (Å²) >= 11 is 7.59. The summed E-state index contributed by atoms with van der Waals surface area (Å²) in [6.07, 6.45) is 1.05. The molecule has 8 heteroatoms. The van der Waals surface area contributed by atoms with E-state index in [0.29, 0.717) is 18.8 Å². The van der Waals surface area contributed by atoms with Gasteiger partial charge in [-0.3, -0.25) is 9.59 Å². The fourth-order valence-electron chi connectivity index (χ4n) is 2.83. The van der Waals surface area contributed by atoms with E-state index in [4.69, 9.17) is 16.7 Å². The van der Waals surface area contributed by atoms with Crippen LogP contribution in [0.25, 0.3) is 0 Å². The first-order valence-electron chi connectivity index (χ1n) is 8.10. The number of benzene rings is 1. The zero-order valence-electron chi connectivity index (χ0n) is 13.8. The number of carbonyl (C=O) groups excluding carboxylic acids is 2. The second kappa shape index (κ2) is 7.88. The maximum atomic E-state index is 12.3. The van der Waals surface area contributed by atoms with Crippen molar-refractivity contribution in [2.75, 3.05) is 11.9 Å². The second-order valence-electron chi connectivity index (χ2n) is 5.98. The molecule has 136 valence electrons. The van der Waals surface area contributed by atoms with Crippen LogP contribution in [0.3, 0.4) is 0 Å². The maximum absolute atomic E-state index is 12.3. The molecular weight excluding hydrogens is 376 g/mol. The largest absolute Gasteiger partial charge is 0.478 e. The van der Waals surface area contributed by atoms with Gasteiger partial charge in [-0.15, -0.1) is 11.3 Å². The van der Waals surface area contributed by atoms with Crippen molar-refractivity contribution in [2.45, 2.75) is 25.8 Å². The molecule has 0 saturated carbocycles. The second-order valence-corrected chi connectivity index (χ2v) is 7.39. The molecule has 0 saturated heterocycles. The first-order valence-corrected chi connectivity index (χ1v) is 9.35. The predicted molar refractivity (Wildman–Crippen MR) is 99.7 cm³/mol. The van der Waals surface area contributed by atoms with Crippen molar-refractivity contribution >= 4 is 46.4 Å². The summed E-state index contributed by atoms with van der Waals surface area (Å²) in [4.78, 5) is 38.4. The Morgan fingerprint density at radius 3 is 2.77 bits per heavy atom. The molecule has 0 aliphatic carbocycles. The van der Waals surface area contributed by atoms with Crippen LogP contribution in [0.5, 0.6) is 0 Å². The van der Waals surface area contributed by atoms with Gasteiger partial charge in [-0.25, -0.2) is 4.79 Å². The van der Waals surface area contributed by atoms with E-state index in [-0.39, 0.29) is 35.2 Å². The number of carboxylic acids is 1. The highest BCUT2D eigenvalue weighted by Crippen LogP contribution is 2.25. The van der Waals surface area contributed by atoms with Crippen LogP contribution in [-0.4, -0.2) is 34.3 Å². The number of nitrogens with one attached hydrogen (secondary N) is 1. The molecule has 0 fully saturated rings. The number of hydrogen-bond donors (Lipinski definition) is 2. The molecule has 2 aromatic rings. The summed E-state index contributed by atoms with van der Waals surface area (Å²) < 4.78 is 0.